The van der Waals surface area contributed by atoms with Gasteiger partial charge >= 0.3 is 0 Å². The zero-order valence-electron chi connectivity index (χ0n) is 14.3. The van der Waals surface area contributed by atoms with E-state index >= 15 is 0 Å². The molecule has 27 heavy (non-hydrogen) atoms. The van der Waals surface area contributed by atoms with E-state index in [1.54, 1.807) is 12.3 Å². The van der Waals surface area contributed by atoms with E-state index in [9.17, 15) is 12.8 Å². The molecular weight excluding hydrogens is 397 g/mol. The van der Waals surface area contributed by atoms with Gasteiger partial charge in [0.1, 0.15) is 17.1 Å². The number of sulfonamides is 1. The minimum Gasteiger partial charge on any atom is -0.495 e. The third kappa shape index (κ3) is 4.01. The summed E-state index contributed by atoms with van der Waals surface area (Å²) in [6, 6.07) is 4.32. The molecular formula is C16H15ClFN5O3S. The lowest BCUT2D eigenvalue weighted by Crippen LogP contribution is -2.16. The zero-order chi connectivity index (χ0) is 19.6. The lowest BCUT2D eigenvalue weighted by Gasteiger charge is -2.11. The van der Waals surface area contributed by atoms with Gasteiger partial charge in [0.05, 0.1) is 36.0 Å². The van der Waals surface area contributed by atoms with E-state index in [1.165, 1.54) is 38.6 Å². The molecule has 8 nitrogen and oxygen atoms in total. The van der Waals surface area contributed by atoms with E-state index < -0.39 is 15.8 Å². The molecule has 1 aromatic carbocycles. The summed E-state index contributed by atoms with van der Waals surface area (Å²) in [5.41, 5.74) is 0.676. The Morgan fingerprint density at radius 2 is 2.11 bits per heavy atom. The number of anilines is 1. The third-order valence-electron chi connectivity index (χ3n) is 3.68. The first-order chi connectivity index (χ1) is 12.8. The average molecular weight is 412 g/mol. The lowest BCUT2D eigenvalue weighted by molar-refractivity contribution is 0.413. The van der Waals surface area contributed by atoms with Crippen LogP contribution in [0.25, 0.3) is 16.9 Å². The van der Waals surface area contributed by atoms with Gasteiger partial charge in [0.25, 0.3) is 0 Å². The topological polar surface area (TPSA) is 99.0 Å². The predicted molar refractivity (Wildman–Crippen MR) is 99.2 cm³/mol. The Kier molecular flexibility index (Phi) is 5.29. The van der Waals surface area contributed by atoms with Crippen LogP contribution in [-0.2, 0) is 10.0 Å². The summed E-state index contributed by atoms with van der Waals surface area (Å²) < 4.78 is 46.8. The third-order valence-corrected chi connectivity index (χ3v) is 5.28. The highest BCUT2D eigenvalue weighted by Gasteiger charge is 2.19. The Balaban J connectivity index is 2.03. The molecule has 142 valence electrons. The summed E-state index contributed by atoms with van der Waals surface area (Å²) in [5, 5.41) is 7.94. The van der Waals surface area contributed by atoms with E-state index in [1.807, 2.05) is 0 Å². The maximum absolute atomic E-state index is 14.9. The minimum absolute atomic E-state index is 0.0483. The highest BCUT2D eigenvalue weighted by atomic mass is 35.5. The normalized spacial score (nSPS) is 11.4. The first-order valence-corrected chi connectivity index (χ1v) is 9.78. The van der Waals surface area contributed by atoms with Crippen LogP contribution in [0.15, 0.2) is 36.8 Å². The number of nitrogens with zero attached hydrogens (tertiary/aromatic N) is 4. The number of hydrogen-bond acceptors (Lipinski definition) is 6. The second-order valence-corrected chi connectivity index (χ2v) is 7.84. The number of aromatic nitrogens is 4. The second kappa shape index (κ2) is 7.49. The van der Waals surface area contributed by atoms with Crippen molar-refractivity contribution in [3.05, 3.63) is 47.6 Å². The standard InChI is InChI=1S/C16H15ClFN5O3S/c1-3-27(24,25)21-13-5-4-12(17)16(15(13)18)23-9-14(20-22-23)10-6-11(26-2)8-19-7-10/h4-9,21H,3H2,1-2H3. The van der Waals surface area contributed by atoms with Crippen molar-refractivity contribution in [3.8, 4) is 22.7 Å². The van der Waals surface area contributed by atoms with Gasteiger partial charge in [0.15, 0.2) is 5.82 Å². The van der Waals surface area contributed by atoms with Gasteiger partial charge in [0.2, 0.25) is 10.0 Å². The van der Waals surface area contributed by atoms with E-state index in [-0.39, 0.29) is 22.2 Å². The molecule has 0 saturated carbocycles. The van der Waals surface area contributed by atoms with Crippen LogP contribution < -0.4 is 9.46 Å². The van der Waals surface area contributed by atoms with Crippen LogP contribution in [0.3, 0.4) is 0 Å². The van der Waals surface area contributed by atoms with Crippen molar-refractivity contribution in [1.82, 2.24) is 20.0 Å². The van der Waals surface area contributed by atoms with Crippen LogP contribution in [-0.4, -0.2) is 41.3 Å². The number of methoxy groups -OCH3 is 1. The van der Waals surface area contributed by atoms with Crippen LogP contribution >= 0.6 is 11.6 Å². The van der Waals surface area contributed by atoms with Gasteiger partial charge < -0.3 is 4.74 Å². The van der Waals surface area contributed by atoms with E-state index in [4.69, 9.17) is 16.3 Å². The van der Waals surface area contributed by atoms with Crippen molar-refractivity contribution < 1.29 is 17.5 Å². The molecule has 3 aromatic rings. The van der Waals surface area contributed by atoms with E-state index in [2.05, 4.69) is 20.0 Å². The van der Waals surface area contributed by atoms with Gasteiger partial charge in [-0.3, -0.25) is 9.71 Å². The van der Waals surface area contributed by atoms with Crippen LogP contribution in [0, 0.1) is 5.82 Å². The van der Waals surface area contributed by atoms with Crippen molar-refractivity contribution >= 4 is 27.3 Å². The fourth-order valence-corrected chi connectivity index (χ4v) is 3.12. The van der Waals surface area contributed by atoms with Crippen LogP contribution in [0.1, 0.15) is 6.92 Å². The Morgan fingerprint density at radius 3 is 2.81 bits per heavy atom. The van der Waals surface area contributed by atoms with Crippen LogP contribution in [0.5, 0.6) is 5.75 Å². The number of nitrogens with one attached hydrogen (secondary N) is 1. The summed E-state index contributed by atoms with van der Waals surface area (Å²) in [6.07, 6.45) is 4.55. The first-order valence-electron chi connectivity index (χ1n) is 7.75. The number of hydrogen-bond donors (Lipinski definition) is 1. The molecule has 0 fully saturated rings. The van der Waals surface area contributed by atoms with Gasteiger partial charge in [-0.1, -0.05) is 16.8 Å². The molecule has 0 aliphatic carbocycles. The quantitative estimate of drug-likeness (QED) is 0.669. The predicted octanol–water partition coefficient (Wildman–Crippen LogP) is 2.89. The molecule has 0 spiro atoms. The second-order valence-electron chi connectivity index (χ2n) is 5.42. The molecule has 0 radical (unpaired) electrons. The summed E-state index contributed by atoms with van der Waals surface area (Å²) >= 11 is 6.11. The molecule has 0 bridgehead atoms. The van der Waals surface area contributed by atoms with Crippen LogP contribution in [0.2, 0.25) is 5.02 Å². The number of ether oxygens (including phenoxy) is 1. The molecule has 3 rings (SSSR count). The van der Waals surface area contributed by atoms with E-state index in [0.29, 0.717) is 17.0 Å². The fourth-order valence-electron chi connectivity index (χ4n) is 2.25. The number of benzene rings is 1. The van der Waals surface area contributed by atoms with Gasteiger partial charge in [0, 0.05) is 11.8 Å². The Labute approximate surface area is 160 Å². The van der Waals surface area contributed by atoms with Crippen molar-refractivity contribution in [2.24, 2.45) is 0 Å². The van der Waals surface area contributed by atoms with Crippen molar-refractivity contribution in [2.45, 2.75) is 6.92 Å². The van der Waals surface area contributed by atoms with Gasteiger partial charge in [-0.25, -0.2) is 17.5 Å². The molecule has 2 aromatic heterocycles. The fraction of sp³-hybridized carbons (Fsp3) is 0.188. The molecule has 0 atom stereocenters. The molecule has 0 aliphatic heterocycles. The van der Waals surface area contributed by atoms with Gasteiger partial charge in [-0.15, -0.1) is 5.10 Å². The monoisotopic (exact) mass is 411 g/mol. The van der Waals surface area contributed by atoms with Crippen molar-refractivity contribution in [1.29, 1.82) is 0 Å². The smallest absolute Gasteiger partial charge is 0.232 e. The number of pyridine rings is 1. The maximum Gasteiger partial charge on any atom is 0.232 e. The van der Waals surface area contributed by atoms with Gasteiger partial charge in [-0.2, -0.15) is 0 Å². The minimum atomic E-state index is -3.65. The largest absolute Gasteiger partial charge is 0.495 e. The first kappa shape index (κ1) is 19.1. The van der Waals surface area contributed by atoms with Gasteiger partial charge in [-0.05, 0) is 25.1 Å². The van der Waals surface area contributed by atoms with Crippen molar-refractivity contribution in [2.75, 3.05) is 17.6 Å². The zero-order valence-corrected chi connectivity index (χ0v) is 15.9. The SMILES string of the molecule is CCS(=O)(=O)Nc1ccc(Cl)c(-n2cc(-c3cncc(OC)c3)nn2)c1F. The molecule has 11 heteroatoms. The number of rotatable bonds is 6. The van der Waals surface area contributed by atoms with Crippen molar-refractivity contribution in [3.63, 3.8) is 0 Å². The molecule has 2 heterocycles. The Hall–Kier alpha value is -2.72. The van der Waals surface area contributed by atoms with Crippen LogP contribution in [0.4, 0.5) is 10.1 Å². The summed E-state index contributed by atoms with van der Waals surface area (Å²) in [7, 11) is -2.14. The summed E-state index contributed by atoms with van der Waals surface area (Å²) in [6.45, 7) is 1.45. The van der Waals surface area contributed by atoms with E-state index in [0.717, 1.165) is 4.68 Å². The highest BCUT2D eigenvalue weighted by Crippen LogP contribution is 2.30. The molecule has 0 saturated heterocycles. The highest BCUT2D eigenvalue weighted by molar-refractivity contribution is 7.92. The summed E-state index contributed by atoms with van der Waals surface area (Å²) in [5.74, 6) is -0.525. The molecule has 1 N–H and O–H groups in total. The molecule has 0 unspecified atom stereocenters. The average Bonchev–Trinajstić information content (AvgIpc) is 3.14. The number of halogens is 2. The Morgan fingerprint density at radius 1 is 1.33 bits per heavy atom. The lowest BCUT2D eigenvalue weighted by atomic mass is 10.2. The Bertz CT molecular complexity index is 1090. The molecule has 0 amide bonds. The molecule has 0 aliphatic rings. The summed E-state index contributed by atoms with van der Waals surface area (Å²) in [4.78, 5) is 4.03. The maximum atomic E-state index is 14.9.